The van der Waals surface area contributed by atoms with E-state index < -0.39 is 0 Å². The van der Waals surface area contributed by atoms with Crippen LogP contribution in [-0.4, -0.2) is 5.11 Å². The summed E-state index contributed by atoms with van der Waals surface area (Å²) in [7, 11) is 0. The lowest BCUT2D eigenvalue weighted by atomic mass is 10.0. The van der Waals surface area contributed by atoms with Crippen LogP contribution in [0.25, 0.3) is 17.2 Å². The molecular weight excluding hydrogens is 292 g/mol. The van der Waals surface area contributed by atoms with Gasteiger partial charge in [-0.15, -0.1) is 0 Å². The largest absolute Gasteiger partial charge is 0.507 e. The van der Waals surface area contributed by atoms with Crippen LogP contribution in [-0.2, 0) is 6.42 Å². The molecule has 0 saturated heterocycles. The summed E-state index contributed by atoms with van der Waals surface area (Å²) in [6, 6.07) is 23.1. The van der Waals surface area contributed by atoms with Crippen LogP contribution in [0.4, 0.5) is 0 Å². The van der Waals surface area contributed by atoms with E-state index in [-0.39, 0.29) is 0 Å². The molecule has 120 valence electrons. The molecule has 3 aromatic rings. The molecule has 0 radical (unpaired) electrons. The molecule has 0 amide bonds. The van der Waals surface area contributed by atoms with E-state index in [0.29, 0.717) is 5.75 Å². The number of benzene rings is 3. The van der Waals surface area contributed by atoms with Gasteiger partial charge in [-0.3, -0.25) is 0 Å². The SMILES string of the molecule is Cc1cc(C/C=C/c2ccc(-c3ccccc3)cc2)cc(C)c1O. The van der Waals surface area contributed by atoms with Crippen LogP contribution in [0.3, 0.4) is 0 Å². The Morgan fingerprint density at radius 1 is 0.792 bits per heavy atom. The van der Waals surface area contributed by atoms with Crippen LogP contribution in [0.1, 0.15) is 22.3 Å². The van der Waals surface area contributed by atoms with E-state index in [9.17, 15) is 5.11 Å². The van der Waals surface area contributed by atoms with Gasteiger partial charge in [-0.1, -0.05) is 78.9 Å². The number of phenols is 1. The summed E-state index contributed by atoms with van der Waals surface area (Å²) in [4.78, 5) is 0. The van der Waals surface area contributed by atoms with Crippen molar-refractivity contribution in [1.29, 1.82) is 0 Å². The molecule has 0 spiro atoms. The van der Waals surface area contributed by atoms with Gasteiger partial charge in [0.05, 0.1) is 0 Å². The predicted molar refractivity (Wildman–Crippen MR) is 102 cm³/mol. The smallest absolute Gasteiger partial charge is 0.121 e. The van der Waals surface area contributed by atoms with Gasteiger partial charge >= 0.3 is 0 Å². The van der Waals surface area contributed by atoms with Gasteiger partial charge in [-0.2, -0.15) is 0 Å². The van der Waals surface area contributed by atoms with Crippen molar-refractivity contribution >= 4 is 6.08 Å². The minimum Gasteiger partial charge on any atom is -0.507 e. The first-order chi connectivity index (χ1) is 11.6. The van der Waals surface area contributed by atoms with Crippen molar-refractivity contribution in [3.8, 4) is 16.9 Å². The maximum Gasteiger partial charge on any atom is 0.121 e. The topological polar surface area (TPSA) is 20.2 Å². The van der Waals surface area contributed by atoms with Crippen molar-refractivity contribution in [3.63, 3.8) is 0 Å². The van der Waals surface area contributed by atoms with Gasteiger partial charge in [0, 0.05) is 0 Å². The number of aromatic hydroxyl groups is 1. The molecule has 3 rings (SSSR count). The second-order valence-corrected chi connectivity index (χ2v) is 6.17. The highest BCUT2D eigenvalue weighted by molar-refractivity contribution is 5.65. The minimum absolute atomic E-state index is 0.402. The molecule has 0 unspecified atom stereocenters. The fourth-order valence-corrected chi connectivity index (χ4v) is 2.91. The fourth-order valence-electron chi connectivity index (χ4n) is 2.91. The lowest BCUT2D eigenvalue weighted by molar-refractivity contribution is 0.466. The molecule has 0 fully saturated rings. The Morgan fingerprint density at radius 2 is 1.38 bits per heavy atom. The zero-order chi connectivity index (χ0) is 16.9. The third kappa shape index (κ3) is 3.75. The van der Waals surface area contributed by atoms with Crippen molar-refractivity contribution in [2.75, 3.05) is 0 Å². The number of allylic oxidation sites excluding steroid dienone is 1. The zero-order valence-electron chi connectivity index (χ0n) is 14.2. The highest BCUT2D eigenvalue weighted by Crippen LogP contribution is 2.23. The average Bonchev–Trinajstić information content (AvgIpc) is 2.61. The number of phenolic OH excluding ortho intramolecular Hbond substituents is 1. The van der Waals surface area contributed by atoms with E-state index in [4.69, 9.17) is 0 Å². The number of aryl methyl sites for hydroxylation is 2. The van der Waals surface area contributed by atoms with Crippen LogP contribution in [0, 0.1) is 13.8 Å². The Bertz CT molecular complexity index is 820. The lowest BCUT2D eigenvalue weighted by Gasteiger charge is -2.06. The quantitative estimate of drug-likeness (QED) is 0.632. The number of hydrogen-bond acceptors (Lipinski definition) is 1. The van der Waals surface area contributed by atoms with Gasteiger partial charge in [0.1, 0.15) is 5.75 Å². The number of hydrogen-bond donors (Lipinski definition) is 1. The van der Waals surface area contributed by atoms with Crippen molar-refractivity contribution < 1.29 is 5.11 Å². The molecule has 0 aliphatic carbocycles. The zero-order valence-corrected chi connectivity index (χ0v) is 14.2. The average molecular weight is 314 g/mol. The Hall–Kier alpha value is -2.80. The first-order valence-electron chi connectivity index (χ1n) is 8.24. The van der Waals surface area contributed by atoms with E-state index in [0.717, 1.165) is 17.5 Å². The van der Waals surface area contributed by atoms with Crippen LogP contribution < -0.4 is 0 Å². The van der Waals surface area contributed by atoms with E-state index in [2.05, 4.69) is 60.7 Å². The van der Waals surface area contributed by atoms with E-state index in [1.54, 1.807) is 0 Å². The van der Waals surface area contributed by atoms with Gasteiger partial charge in [0.25, 0.3) is 0 Å². The molecule has 1 heteroatoms. The van der Waals surface area contributed by atoms with Crippen molar-refractivity contribution in [1.82, 2.24) is 0 Å². The highest BCUT2D eigenvalue weighted by atomic mass is 16.3. The van der Waals surface area contributed by atoms with E-state index >= 15 is 0 Å². The third-order valence-corrected chi connectivity index (χ3v) is 4.23. The molecule has 0 bridgehead atoms. The normalized spacial score (nSPS) is 11.1. The molecule has 0 atom stereocenters. The lowest BCUT2D eigenvalue weighted by Crippen LogP contribution is -1.87. The molecule has 0 aliphatic rings. The Morgan fingerprint density at radius 3 is 2.00 bits per heavy atom. The summed E-state index contributed by atoms with van der Waals surface area (Å²) in [5.41, 5.74) is 6.76. The summed E-state index contributed by atoms with van der Waals surface area (Å²) >= 11 is 0. The summed E-state index contributed by atoms with van der Waals surface area (Å²) in [6.07, 6.45) is 5.18. The molecule has 0 aliphatic heterocycles. The maximum atomic E-state index is 9.84. The first kappa shape index (κ1) is 16.1. The van der Waals surface area contributed by atoms with Crippen molar-refractivity contribution in [2.24, 2.45) is 0 Å². The van der Waals surface area contributed by atoms with E-state index in [1.807, 2.05) is 32.0 Å². The molecule has 0 heterocycles. The van der Waals surface area contributed by atoms with Gasteiger partial charge in [0.2, 0.25) is 0 Å². The maximum absolute atomic E-state index is 9.84. The molecule has 0 saturated carbocycles. The molecule has 3 aromatic carbocycles. The van der Waals surface area contributed by atoms with Crippen LogP contribution in [0.15, 0.2) is 72.8 Å². The molecule has 24 heavy (non-hydrogen) atoms. The number of rotatable bonds is 4. The monoisotopic (exact) mass is 314 g/mol. The van der Waals surface area contributed by atoms with Gasteiger partial charge in [0.15, 0.2) is 0 Å². The summed E-state index contributed by atoms with van der Waals surface area (Å²) < 4.78 is 0. The summed E-state index contributed by atoms with van der Waals surface area (Å²) in [6.45, 7) is 3.88. The molecule has 0 aromatic heterocycles. The van der Waals surface area contributed by atoms with Gasteiger partial charge < -0.3 is 5.11 Å². The van der Waals surface area contributed by atoms with Crippen molar-refractivity contribution in [2.45, 2.75) is 20.3 Å². The second-order valence-electron chi connectivity index (χ2n) is 6.17. The standard InChI is InChI=1S/C23H22O/c1-17-15-20(16-18(2)23(17)24)8-6-7-19-11-13-22(14-12-19)21-9-4-3-5-10-21/h3-7,9-16,24H,8H2,1-2H3/b7-6+. The Labute approximate surface area is 143 Å². The predicted octanol–water partition coefficient (Wildman–Crippen LogP) is 5.93. The minimum atomic E-state index is 0.402. The van der Waals surface area contributed by atoms with Gasteiger partial charge in [-0.05, 0) is 53.6 Å². The van der Waals surface area contributed by atoms with Crippen LogP contribution >= 0.6 is 0 Å². The molecular formula is C23H22O. The Balaban J connectivity index is 1.69. The molecule has 1 N–H and O–H groups in total. The molecule has 1 nitrogen and oxygen atoms in total. The van der Waals surface area contributed by atoms with Crippen LogP contribution in [0.5, 0.6) is 5.75 Å². The Kier molecular flexibility index (Phi) is 4.81. The summed E-state index contributed by atoms with van der Waals surface area (Å²) in [5, 5.41) is 9.84. The van der Waals surface area contributed by atoms with Crippen molar-refractivity contribution in [3.05, 3.63) is 95.1 Å². The third-order valence-electron chi connectivity index (χ3n) is 4.23. The van der Waals surface area contributed by atoms with E-state index in [1.165, 1.54) is 22.3 Å². The fraction of sp³-hybridized carbons (Fsp3) is 0.130. The first-order valence-corrected chi connectivity index (χ1v) is 8.24. The highest BCUT2D eigenvalue weighted by Gasteiger charge is 2.02. The summed E-state index contributed by atoms with van der Waals surface area (Å²) in [5.74, 6) is 0.402. The van der Waals surface area contributed by atoms with Crippen LogP contribution in [0.2, 0.25) is 0 Å². The van der Waals surface area contributed by atoms with Gasteiger partial charge in [-0.25, -0.2) is 0 Å². The second kappa shape index (κ2) is 7.18.